The summed E-state index contributed by atoms with van der Waals surface area (Å²) in [7, 11) is 0. The third-order valence-corrected chi connectivity index (χ3v) is 2.04. The van der Waals surface area contributed by atoms with Gasteiger partial charge in [0.2, 0.25) is 0 Å². The monoisotopic (exact) mass is 176 g/mol. The molecule has 1 aromatic rings. The minimum atomic E-state index is 0.644. The van der Waals surface area contributed by atoms with Crippen molar-refractivity contribution >= 4 is 36.9 Å². The highest BCUT2D eigenvalue weighted by Gasteiger charge is 1.92. The first-order chi connectivity index (χ1) is 4.20. The van der Waals surface area contributed by atoms with E-state index in [4.69, 9.17) is 11.6 Å². The van der Waals surface area contributed by atoms with E-state index >= 15 is 0 Å². The summed E-state index contributed by atoms with van der Waals surface area (Å²) >= 11 is 13.9. The van der Waals surface area contributed by atoms with Gasteiger partial charge in [0.25, 0.3) is 0 Å². The summed E-state index contributed by atoms with van der Waals surface area (Å²) in [6, 6.07) is 5.41. The largest absolute Gasteiger partial charge is 0.143 e. The van der Waals surface area contributed by atoms with Gasteiger partial charge < -0.3 is 0 Å². The summed E-state index contributed by atoms with van der Waals surface area (Å²) in [5, 5.41) is 0.644. The second kappa shape index (κ2) is 2.86. The molecule has 0 saturated carbocycles. The topological polar surface area (TPSA) is 0 Å². The highest BCUT2D eigenvalue weighted by atomic mass is 35.5. The minimum absolute atomic E-state index is 0.644. The lowest BCUT2D eigenvalue weighted by atomic mass is 10.4. The van der Waals surface area contributed by atoms with Crippen LogP contribution in [0.2, 0.25) is 5.02 Å². The van der Waals surface area contributed by atoms with Crippen LogP contribution in [0, 0.1) is 0 Å². The molecule has 0 fully saturated rings. The number of halogens is 1. The zero-order chi connectivity index (χ0) is 6.85. The molecule has 0 N–H and O–H groups in total. The number of benzene rings is 1. The molecule has 48 valence electrons. The van der Waals surface area contributed by atoms with Crippen molar-refractivity contribution in [3.8, 4) is 0 Å². The maximum atomic E-state index is 5.69. The Balaban J connectivity index is 3.17. The zero-order valence-electron chi connectivity index (χ0n) is 4.50. The Hall–Kier alpha value is 0.210. The SMILES string of the molecule is Sc1ccc(S)c(Cl)c1. The van der Waals surface area contributed by atoms with Gasteiger partial charge in [-0.3, -0.25) is 0 Å². The van der Waals surface area contributed by atoms with Gasteiger partial charge in [-0.05, 0) is 18.2 Å². The van der Waals surface area contributed by atoms with Crippen molar-refractivity contribution in [3.05, 3.63) is 23.2 Å². The summed E-state index contributed by atoms with van der Waals surface area (Å²) in [5.74, 6) is 0. The van der Waals surface area contributed by atoms with Crippen molar-refractivity contribution in [3.63, 3.8) is 0 Å². The van der Waals surface area contributed by atoms with Crippen LogP contribution < -0.4 is 0 Å². The smallest absolute Gasteiger partial charge is 0.0550 e. The van der Waals surface area contributed by atoms with Crippen molar-refractivity contribution < 1.29 is 0 Å². The van der Waals surface area contributed by atoms with E-state index in [1.54, 1.807) is 6.07 Å². The van der Waals surface area contributed by atoms with Crippen LogP contribution in [0.15, 0.2) is 28.0 Å². The van der Waals surface area contributed by atoms with Crippen LogP contribution >= 0.6 is 36.9 Å². The predicted octanol–water partition coefficient (Wildman–Crippen LogP) is 2.92. The third kappa shape index (κ3) is 1.81. The Morgan fingerprint density at radius 2 is 1.89 bits per heavy atom. The van der Waals surface area contributed by atoms with Crippen molar-refractivity contribution in [2.45, 2.75) is 9.79 Å². The van der Waals surface area contributed by atoms with E-state index in [-0.39, 0.29) is 0 Å². The molecule has 0 aromatic heterocycles. The second-order valence-electron chi connectivity index (χ2n) is 1.64. The van der Waals surface area contributed by atoms with E-state index in [9.17, 15) is 0 Å². The Morgan fingerprint density at radius 3 is 2.33 bits per heavy atom. The lowest BCUT2D eigenvalue weighted by molar-refractivity contribution is 1.37. The van der Waals surface area contributed by atoms with Gasteiger partial charge in [-0.1, -0.05) is 11.6 Å². The van der Waals surface area contributed by atoms with E-state index in [0.29, 0.717) is 5.02 Å². The van der Waals surface area contributed by atoms with Gasteiger partial charge >= 0.3 is 0 Å². The number of thiol groups is 2. The molecule has 1 aromatic carbocycles. The van der Waals surface area contributed by atoms with Crippen LogP contribution in [0.5, 0.6) is 0 Å². The van der Waals surface area contributed by atoms with E-state index in [1.807, 2.05) is 12.1 Å². The van der Waals surface area contributed by atoms with E-state index in [0.717, 1.165) is 9.79 Å². The highest BCUT2D eigenvalue weighted by molar-refractivity contribution is 7.80. The van der Waals surface area contributed by atoms with Crippen LogP contribution in [0.25, 0.3) is 0 Å². The molecule has 0 heterocycles. The summed E-state index contributed by atoms with van der Waals surface area (Å²) in [5.41, 5.74) is 0. The van der Waals surface area contributed by atoms with Crippen molar-refractivity contribution in [1.29, 1.82) is 0 Å². The molecule has 0 aliphatic carbocycles. The number of rotatable bonds is 0. The molecule has 0 bridgehead atoms. The molecule has 0 saturated heterocycles. The molecule has 0 atom stereocenters. The normalized spacial score (nSPS) is 9.67. The van der Waals surface area contributed by atoms with Gasteiger partial charge in [0, 0.05) is 9.79 Å². The minimum Gasteiger partial charge on any atom is -0.143 e. The van der Waals surface area contributed by atoms with Gasteiger partial charge in [0.05, 0.1) is 5.02 Å². The second-order valence-corrected chi connectivity index (χ2v) is 3.04. The fourth-order valence-electron chi connectivity index (χ4n) is 0.496. The summed E-state index contributed by atoms with van der Waals surface area (Å²) in [4.78, 5) is 1.65. The molecule has 0 amide bonds. The maximum absolute atomic E-state index is 5.69. The molecule has 0 radical (unpaired) electrons. The van der Waals surface area contributed by atoms with E-state index in [2.05, 4.69) is 25.3 Å². The van der Waals surface area contributed by atoms with Crippen LogP contribution in [-0.2, 0) is 0 Å². The predicted molar refractivity (Wildman–Crippen MR) is 46.0 cm³/mol. The quantitative estimate of drug-likeness (QED) is 0.558. The van der Waals surface area contributed by atoms with Gasteiger partial charge in [-0.25, -0.2) is 0 Å². The van der Waals surface area contributed by atoms with Crippen LogP contribution in [0.3, 0.4) is 0 Å². The molecule has 0 nitrogen and oxygen atoms in total. The molecule has 0 spiro atoms. The third-order valence-electron chi connectivity index (χ3n) is 0.931. The first kappa shape index (κ1) is 7.32. The van der Waals surface area contributed by atoms with Crippen LogP contribution in [0.1, 0.15) is 0 Å². The first-order valence-corrected chi connectivity index (χ1v) is 3.65. The molecule has 0 unspecified atom stereocenters. The van der Waals surface area contributed by atoms with Crippen molar-refractivity contribution in [1.82, 2.24) is 0 Å². The highest BCUT2D eigenvalue weighted by Crippen LogP contribution is 2.22. The maximum Gasteiger partial charge on any atom is 0.0550 e. The molecular weight excluding hydrogens is 172 g/mol. The van der Waals surface area contributed by atoms with Gasteiger partial charge in [-0.15, -0.1) is 25.3 Å². The summed E-state index contributed by atoms with van der Waals surface area (Å²) in [6.45, 7) is 0. The van der Waals surface area contributed by atoms with Gasteiger partial charge in [-0.2, -0.15) is 0 Å². The Morgan fingerprint density at radius 1 is 1.22 bits per heavy atom. The molecule has 9 heavy (non-hydrogen) atoms. The molecule has 1 rings (SSSR count). The molecule has 0 aliphatic heterocycles. The number of hydrogen-bond acceptors (Lipinski definition) is 2. The van der Waals surface area contributed by atoms with Crippen molar-refractivity contribution in [2.75, 3.05) is 0 Å². The Bertz CT molecular complexity index is 222. The van der Waals surface area contributed by atoms with E-state index < -0.39 is 0 Å². The molecular formula is C6H5ClS2. The van der Waals surface area contributed by atoms with Crippen LogP contribution in [-0.4, -0.2) is 0 Å². The lowest BCUT2D eigenvalue weighted by Gasteiger charge is -1.94. The summed E-state index contributed by atoms with van der Waals surface area (Å²) < 4.78 is 0. The molecule has 3 heteroatoms. The Kier molecular flexibility index (Phi) is 2.33. The summed E-state index contributed by atoms with van der Waals surface area (Å²) in [6.07, 6.45) is 0. The fourth-order valence-corrected chi connectivity index (χ4v) is 1.10. The average Bonchev–Trinajstić information content (AvgIpc) is 1.80. The Labute approximate surface area is 70.0 Å². The van der Waals surface area contributed by atoms with E-state index in [1.165, 1.54) is 0 Å². The van der Waals surface area contributed by atoms with Gasteiger partial charge in [0.1, 0.15) is 0 Å². The standard InChI is InChI=1S/C6H5ClS2/c7-5-3-4(8)1-2-6(5)9/h1-3,8-9H. The first-order valence-electron chi connectivity index (χ1n) is 2.37. The van der Waals surface area contributed by atoms with Gasteiger partial charge in [0.15, 0.2) is 0 Å². The fraction of sp³-hybridized carbons (Fsp3) is 0. The molecule has 0 aliphatic rings. The lowest BCUT2D eigenvalue weighted by Crippen LogP contribution is -1.68. The number of hydrogen-bond donors (Lipinski definition) is 2. The van der Waals surface area contributed by atoms with Crippen molar-refractivity contribution in [2.24, 2.45) is 0 Å². The average molecular weight is 177 g/mol. The van der Waals surface area contributed by atoms with Crippen LogP contribution in [0.4, 0.5) is 0 Å². The zero-order valence-corrected chi connectivity index (χ0v) is 7.05.